The number of carboxylic acids is 1. The van der Waals surface area contributed by atoms with E-state index in [2.05, 4.69) is 4.72 Å². The molecular formula is C16H17NO5S. The van der Waals surface area contributed by atoms with Crippen LogP contribution in [0.15, 0.2) is 59.5 Å². The zero-order chi connectivity index (χ0) is 16.9. The number of rotatable bonds is 7. The minimum absolute atomic E-state index is 0.0287. The van der Waals surface area contributed by atoms with Crippen molar-refractivity contribution < 1.29 is 23.1 Å². The van der Waals surface area contributed by atoms with E-state index in [-0.39, 0.29) is 11.3 Å². The second kappa shape index (κ2) is 7.26. The van der Waals surface area contributed by atoms with Gasteiger partial charge in [-0.05, 0) is 36.2 Å². The van der Waals surface area contributed by atoms with Crippen LogP contribution < -0.4 is 9.46 Å². The van der Waals surface area contributed by atoms with Gasteiger partial charge in [0.25, 0.3) is 0 Å². The van der Waals surface area contributed by atoms with Crippen LogP contribution in [0.2, 0.25) is 0 Å². The van der Waals surface area contributed by atoms with Gasteiger partial charge in [-0.2, -0.15) is 4.72 Å². The quantitative estimate of drug-likeness (QED) is 0.803. The van der Waals surface area contributed by atoms with Crippen LogP contribution in [0, 0.1) is 0 Å². The van der Waals surface area contributed by atoms with E-state index in [1.165, 1.54) is 19.2 Å². The van der Waals surface area contributed by atoms with E-state index < -0.39 is 22.0 Å². The van der Waals surface area contributed by atoms with Gasteiger partial charge in [0.15, 0.2) is 0 Å². The van der Waals surface area contributed by atoms with Crippen LogP contribution in [0.25, 0.3) is 0 Å². The largest absolute Gasteiger partial charge is 0.497 e. The second-order valence-corrected chi connectivity index (χ2v) is 6.59. The molecule has 0 unspecified atom stereocenters. The second-order valence-electron chi connectivity index (χ2n) is 4.88. The summed E-state index contributed by atoms with van der Waals surface area (Å²) in [5.41, 5.74) is 0.689. The first kappa shape index (κ1) is 17.0. The Morgan fingerprint density at radius 2 is 1.74 bits per heavy atom. The lowest BCUT2D eigenvalue weighted by atomic mass is 10.1. The minimum atomic E-state index is -3.89. The van der Waals surface area contributed by atoms with Crippen LogP contribution in [0.5, 0.6) is 5.75 Å². The molecule has 2 rings (SSSR count). The van der Waals surface area contributed by atoms with E-state index in [4.69, 9.17) is 4.74 Å². The maximum atomic E-state index is 12.2. The SMILES string of the molecule is COc1ccc(C[C@@H](NS(=O)(=O)c2ccccc2)C(=O)O)cc1. The number of aliphatic carboxylic acids is 1. The Morgan fingerprint density at radius 1 is 1.13 bits per heavy atom. The molecule has 2 N–H and O–H groups in total. The highest BCUT2D eigenvalue weighted by Crippen LogP contribution is 2.14. The van der Waals surface area contributed by atoms with Crippen LogP contribution in [0.1, 0.15) is 5.56 Å². The normalized spacial score (nSPS) is 12.6. The monoisotopic (exact) mass is 335 g/mol. The van der Waals surface area contributed by atoms with Crippen molar-refractivity contribution in [3.05, 3.63) is 60.2 Å². The van der Waals surface area contributed by atoms with Crippen molar-refractivity contribution in [2.45, 2.75) is 17.4 Å². The van der Waals surface area contributed by atoms with E-state index in [0.717, 1.165) is 0 Å². The first-order chi connectivity index (χ1) is 10.9. The summed E-state index contributed by atoms with van der Waals surface area (Å²) in [5, 5.41) is 9.29. The van der Waals surface area contributed by atoms with E-state index in [9.17, 15) is 18.3 Å². The van der Waals surface area contributed by atoms with Crippen molar-refractivity contribution in [3.8, 4) is 5.75 Å². The average Bonchev–Trinajstić information content (AvgIpc) is 2.55. The molecule has 0 fully saturated rings. The Hall–Kier alpha value is -2.38. The predicted molar refractivity (Wildman–Crippen MR) is 84.9 cm³/mol. The number of ether oxygens (including phenoxy) is 1. The molecule has 0 aliphatic heterocycles. The predicted octanol–water partition coefficient (Wildman–Crippen LogP) is 1.67. The average molecular weight is 335 g/mol. The van der Waals surface area contributed by atoms with Gasteiger partial charge in [0, 0.05) is 0 Å². The van der Waals surface area contributed by atoms with Gasteiger partial charge < -0.3 is 9.84 Å². The summed E-state index contributed by atoms with van der Waals surface area (Å²) < 4.78 is 31.7. The Balaban J connectivity index is 2.17. The molecule has 0 spiro atoms. The Bertz CT molecular complexity index is 757. The summed E-state index contributed by atoms with van der Waals surface area (Å²) in [7, 11) is -2.36. The molecule has 2 aromatic rings. The summed E-state index contributed by atoms with van der Waals surface area (Å²) >= 11 is 0. The first-order valence-corrected chi connectivity index (χ1v) is 8.34. The Morgan fingerprint density at radius 3 is 2.26 bits per heavy atom. The van der Waals surface area contributed by atoms with Crippen LogP contribution in [0.4, 0.5) is 0 Å². The molecule has 0 heterocycles. The fourth-order valence-corrected chi connectivity index (χ4v) is 3.24. The third-order valence-corrected chi connectivity index (χ3v) is 4.74. The topological polar surface area (TPSA) is 92.7 Å². The van der Waals surface area contributed by atoms with Crippen molar-refractivity contribution >= 4 is 16.0 Å². The van der Waals surface area contributed by atoms with E-state index >= 15 is 0 Å². The number of methoxy groups -OCH3 is 1. The summed E-state index contributed by atoms with van der Waals surface area (Å²) in [6, 6.07) is 13.2. The molecular weight excluding hydrogens is 318 g/mol. The molecule has 1 atom stereocenters. The number of hydrogen-bond donors (Lipinski definition) is 2. The molecule has 23 heavy (non-hydrogen) atoms. The van der Waals surface area contributed by atoms with Crippen LogP contribution in [-0.2, 0) is 21.2 Å². The van der Waals surface area contributed by atoms with E-state index in [0.29, 0.717) is 11.3 Å². The van der Waals surface area contributed by atoms with Gasteiger partial charge in [-0.15, -0.1) is 0 Å². The molecule has 0 amide bonds. The lowest BCUT2D eigenvalue weighted by Gasteiger charge is -2.15. The molecule has 0 aliphatic rings. The number of hydrogen-bond acceptors (Lipinski definition) is 4. The molecule has 0 radical (unpaired) electrons. The van der Waals surface area contributed by atoms with Crippen molar-refractivity contribution in [1.82, 2.24) is 4.72 Å². The van der Waals surface area contributed by atoms with Gasteiger partial charge in [-0.3, -0.25) is 4.79 Å². The van der Waals surface area contributed by atoms with E-state index in [1.54, 1.807) is 42.5 Å². The summed E-state index contributed by atoms with van der Waals surface area (Å²) in [5.74, 6) is -0.592. The molecule has 0 saturated carbocycles. The molecule has 0 aromatic heterocycles. The molecule has 0 saturated heterocycles. The number of carbonyl (C=O) groups is 1. The summed E-state index contributed by atoms with van der Waals surface area (Å²) in [4.78, 5) is 11.4. The van der Waals surface area contributed by atoms with Crippen molar-refractivity contribution in [1.29, 1.82) is 0 Å². The lowest BCUT2D eigenvalue weighted by Crippen LogP contribution is -2.42. The zero-order valence-corrected chi connectivity index (χ0v) is 13.3. The van der Waals surface area contributed by atoms with Gasteiger partial charge in [0.2, 0.25) is 10.0 Å². The number of sulfonamides is 1. The summed E-state index contributed by atoms with van der Waals surface area (Å²) in [6.07, 6.45) is 0.0331. The van der Waals surface area contributed by atoms with Gasteiger partial charge in [-0.25, -0.2) is 8.42 Å². The minimum Gasteiger partial charge on any atom is -0.497 e. The van der Waals surface area contributed by atoms with E-state index in [1.807, 2.05) is 0 Å². The third-order valence-electron chi connectivity index (χ3n) is 3.25. The van der Waals surface area contributed by atoms with Gasteiger partial charge in [-0.1, -0.05) is 30.3 Å². The summed E-state index contributed by atoms with van der Waals surface area (Å²) in [6.45, 7) is 0. The first-order valence-electron chi connectivity index (χ1n) is 6.85. The number of nitrogens with one attached hydrogen (secondary N) is 1. The maximum absolute atomic E-state index is 12.2. The standard InChI is InChI=1S/C16H17NO5S/c1-22-13-9-7-12(8-10-13)11-15(16(18)19)17-23(20,21)14-5-3-2-4-6-14/h2-10,15,17H,11H2,1H3,(H,18,19)/t15-/m1/s1. The fourth-order valence-electron chi connectivity index (χ4n) is 2.03. The van der Waals surface area contributed by atoms with Crippen LogP contribution >= 0.6 is 0 Å². The highest BCUT2D eigenvalue weighted by molar-refractivity contribution is 7.89. The molecule has 122 valence electrons. The molecule has 0 bridgehead atoms. The molecule has 6 nitrogen and oxygen atoms in total. The number of benzene rings is 2. The van der Waals surface area contributed by atoms with Gasteiger partial charge in [0.1, 0.15) is 11.8 Å². The van der Waals surface area contributed by atoms with Crippen molar-refractivity contribution in [3.63, 3.8) is 0 Å². The van der Waals surface area contributed by atoms with Crippen molar-refractivity contribution in [2.75, 3.05) is 7.11 Å². The zero-order valence-electron chi connectivity index (χ0n) is 12.5. The maximum Gasteiger partial charge on any atom is 0.322 e. The Kier molecular flexibility index (Phi) is 5.36. The highest BCUT2D eigenvalue weighted by Gasteiger charge is 2.25. The van der Waals surface area contributed by atoms with Crippen LogP contribution in [-0.4, -0.2) is 32.6 Å². The van der Waals surface area contributed by atoms with Crippen molar-refractivity contribution in [2.24, 2.45) is 0 Å². The van der Waals surface area contributed by atoms with Gasteiger partial charge in [0.05, 0.1) is 12.0 Å². The Labute approximate surface area is 134 Å². The highest BCUT2D eigenvalue weighted by atomic mass is 32.2. The van der Waals surface area contributed by atoms with Crippen LogP contribution in [0.3, 0.4) is 0 Å². The molecule has 0 aliphatic carbocycles. The molecule has 2 aromatic carbocycles. The smallest absolute Gasteiger partial charge is 0.322 e. The van der Waals surface area contributed by atoms with Gasteiger partial charge >= 0.3 is 5.97 Å². The fraction of sp³-hybridized carbons (Fsp3) is 0.188. The number of carboxylic acid groups (broad SMARTS) is 1. The molecule has 7 heteroatoms. The third kappa shape index (κ3) is 4.54. The lowest BCUT2D eigenvalue weighted by molar-refractivity contribution is -0.138.